The molecule has 14 rings (SSSR count). The molecular weight excluding hydrogens is 1020 g/mol. The van der Waals surface area contributed by atoms with E-state index in [0.29, 0.717) is 0 Å². The van der Waals surface area contributed by atoms with E-state index < -0.39 is 21.6 Å². The van der Waals surface area contributed by atoms with E-state index in [-0.39, 0.29) is 10.8 Å². The summed E-state index contributed by atoms with van der Waals surface area (Å²) in [6.07, 6.45) is 0. The maximum atomic E-state index is 2.62. The predicted molar refractivity (Wildman–Crippen MR) is 359 cm³/mol. The fourth-order valence-corrected chi connectivity index (χ4v) is 16.2. The Morgan fingerprint density at radius 1 is 0.341 bits per heavy atom. The molecule has 1 aliphatic carbocycles. The summed E-state index contributed by atoms with van der Waals surface area (Å²) in [7, 11) is -3.19. The first kappa shape index (κ1) is 51.9. The highest BCUT2D eigenvalue weighted by atomic mass is 28.3. The molecule has 404 valence electrons. The smallest absolute Gasteiger partial charge is 0.0775 e. The second-order valence-electron chi connectivity index (χ2n) is 27.5. The van der Waals surface area contributed by atoms with Crippen LogP contribution in [0.4, 0.5) is 34.1 Å². The van der Waals surface area contributed by atoms with Crippen molar-refractivity contribution < 1.29 is 0 Å². The number of anilines is 6. The van der Waals surface area contributed by atoms with Gasteiger partial charge >= 0.3 is 0 Å². The van der Waals surface area contributed by atoms with E-state index in [2.05, 4.69) is 320 Å². The van der Waals surface area contributed by atoms with Crippen molar-refractivity contribution in [1.82, 2.24) is 4.57 Å². The predicted octanol–water partition coefficient (Wildman–Crippen LogP) is 20.4. The first-order chi connectivity index (χ1) is 39.2. The Hall–Kier alpha value is -8.23. The molecule has 0 saturated carbocycles. The second-order valence-corrected chi connectivity index (χ2v) is 37.6. The van der Waals surface area contributed by atoms with Gasteiger partial charge in [-0.05, 0) is 162 Å². The van der Waals surface area contributed by atoms with Crippen LogP contribution in [-0.2, 0) is 16.2 Å². The van der Waals surface area contributed by atoms with Gasteiger partial charge in [-0.3, -0.25) is 0 Å². The monoisotopic (exact) mass is 1100 g/mol. The minimum Gasteiger partial charge on any atom is -0.310 e. The summed E-state index contributed by atoms with van der Waals surface area (Å²) < 4.78 is 2.62. The molecule has 1 spiro atoms. The molecule has 1 aliphatic heterocycles. The van der Waals surface area contributed by atoms with Gasteiger partial charge in [0.05, 0.1) is 38.3 Å². The number of rotatable bonds is 8. The number of fused-ring (bicyclic) bond motifs is 16. The van der Waals surface area contributed by atoms with E-state index in [1.165, 1.54) is 104 Å². The molecule has 3 nitrogen and oxygen atoms in total. The number of hydrogen-bond donors (Lipinski definition) is 0. The summed E-state index contributed by atoms with van der Waals surface area (Å²) >= 11 is 0. The molecule has 2 heterocycles. The van der Waals surface area contributed by atoms with Crippen LogP contribution in [0.15, 0.2) is 224 Å². The van der Waals surface area contributed by atoms with Crippen molar-refractivity contribution in [3.8, 4) is 16.8 Å². The summed E-state index contributed by atoms with van der Waals surface area (Å²) in [6.45, 7) is 28.5. The van der Waals surface area contributed by atoms with E-state index in [1.54, 1.807) is 0 Å². The third-order valence-corrected chi connectivity index (χ3v) is 22.3. The third-order valence-electron chi connectivity index (χ3n) is 18.2. The van der Waals surface area contributed by atoms with Crippen LogP contribution in [0.5, 0.6) is 0 Å². The molecule has 0 atom stereocenters. The van der Waals surface area contributed by atoms with Gasteiger partial charge in [-0.15, -0.1) is 0 Å². The van der Waals surface area contributed by atoms with E-state index in [1.807, 2.05) is 0 Å². The van der Waals surface area contributed by atoms with E-state index in [4.69, 9.17) is 0 Å². The zero-order chi connectivity index (χ0) is 56.8. The lowest BCUT2D eigenvalue weighted by Crippen LogP contribution is -2.37. The minimum absolute atomic E-state index is 0.00120. The zero-order valence-corrected chi connectivity index (χ0v) is 51.7. The van der Waals surface area contributed by atoms with E-state index in [0.717, 1.165) is 34.1 Å². The van der Waals surface area contributed by atoms with Gasteiger partial charge in [0, 0.05) is 44.9 Å². The molecule has 0 unspecified atom stereocenters. The number of benzene rings is 11. The van der Waals surface area contributed by atoms with Crippen molar-refractivity contribution in [1.29, 1.82) is 0 Å². The van der Waals surface area contributed by atoms with Gasteiger partial charge in [-0.1, -0.05) is 231 Å². The van der Waals surface area contributed by atoms with Crippen molar-refractivity contribution in [2.45, 2.75) is 97.1 Å². The highest BCUT2D eigenvalue weighted by molar-refractivity contribution is 6.89. The first-order valence-corrected chi connectivity index (χ1v) is 36.5. The van der Waals surface area contributed by atoms with Crippen LogP contribution < -0.4 is 20.2 Å². The topological polar surface area (TPSA) is 11.4 Å². The number of hydrogen-bond acceptors (Lipinski definition) is 2. The Balaban J connectivity index is 1.13. The fraction of sp³-hybridized carbons (Fsp3) is 0.195. The van der Waals surface area contributed by atoms with E-state index >= 15 is 0 Å². The molecule has 0 N–H and O–H groups in total. The highest BCUT2D eigenvalue weighted by Gasteiger charge is 2.52. The van der Waals surface area contributed by atoms with Gasteiger partial charge in [0.25, 0.3) is 0 Å². The Kier molecular flexibility index (Phi) is 11.6. The van der Waals surface area contributed by atoms with Crippen LogP contribution in [0.25, 0.3) is 60.2 Å². The summed E-state index contributed by atoms with van der Waals surface area (Å²) in [5.41, 5.74) is 20.3. The van der Waals surface area contributed by atoms with Crippen LogP contribution in [-0.4, -0.2) is 20.7 Å². The lowest BCUT2D eigenvalue weighted by atomic mass is 9.65. The Morgan fingerprint density at radius 3 is 1.23 bits per heavy atom. The summed E-state index contributed by atoms with van der Waals surface area (Å²) in [5, 5.41) is 10.4. The number of nitrogens with zero attached hydrogens (tertiary/aromatic N) is 3. The van der Waals surface area contributed by atoms with Gasteiger partial charge in [-0.25, -0.2) is 0 Å². The second kappa shape index (κ2) is 18.4. The van der Waals surface area contributed by atoms with Gasteiger partial charge < -0.3 is 14.4 Å². The molecular formula is C77H73N3Si2. The number of aromatic nitrogens is 1. The molecule has 11 aromatic carbocycles. The molecule has 1 aromatic heterocycles. The van der Waals surface area contributed by atoms with Crippen molar-refractivity contribution in [3.63, 3.8) is 0 Å². The summed E-state index contributed by atoms with van der Waals surface area (Å²) in [5.74, 6) is 0. The maximum Gasteiger partial charge on any atom is 0.0775 e. The Morgan fingerprint density at radius 2 is 0.756 bits per heavy atom. The van der Waals surface area contributed by atoms with Crippen LogP contribution in [0.3, 0.4) is 0 Å². The minimum atomic E-state index is -1.62. The molecule has 2 aliphatic rings. The van der Waals surface area contributed by atoms with Crippen LogP contribution in [0, 0.1) is 0 Å². The van der Waals surface area contributed by atoms with Gasteiger partial charge in [0.15, 0.2) is 0 Å². The largest absolute Gasteiger partial charge is 0.310 e. The van der Waals surface area contributed by atoms with Crippen molar-refractivity contribution >= 4 is 104 Å². The fourth-order valence-electron chi connectivity index (χ4n) is 13.8. The summed E-state index contributed by atoms with van der Waals surface area (Å²) in [6, 6.07) is 87.2. The molecule has 82 heavy (non-hydrogen) atoms. The maximum absolute atomic E-state index is 2.62. The molecule has 0 amide bonds. The molecule has 0 radical (unpaired) electrons. The molecule has 5 heteroatoms. The SMILES string of the molecule is CC(C)(C)c1ccc(N(c2ccc([Si](C)(C)C)cc2)c2ccc3c(c2)c2cc(N(c4ccc(C(C)(C)C)cc4)c4ccc([Si](C)(C)C)cc4)cc4c2n3-c2ccccc2C42c3ccc4ccccc4c3-c3c2ccc2ccccc32)cc1. The van der Waals surface area contributed by atoms with Crippen LogP contribution >= 0.6 is 0 Å². The first-order valence-electron chi connectivity index (χ1n) is 29.5. The lowest BCUT2D eigenvalue weighted by molar-refractivity contribution is 0.590. The average Bonchev–Trinajstić information content (AvgIpc) is 1.87. The van der Waals surface area contributed by atoms with Crippen LogP contribution in [0.2, 0.25) is 39.3 Å². The zero-order valence-electron chi connectivity index (χ0n) is 49.7. The average molecular weight is 1100 g/mol. The number of para-hydroxylation sites is 1. The molecule has 0 saturated heterocycles. The van der Waals surface area contributed by atoms with Crippen LogP contribution in [0.1, 0.15) is 74.9 Å². The quantitative estimate of drug-likeness (QED) is 0.141. The summed E-state index contributed by atoms with van der Waals surface area (Å²) in [4.78, 5) is 5.02. The van der Waals surface area contributed by atoms with Crippen molar-refractivity contribution in [2.24, 2.45) is 0 Å². The molecule has 12 aromatic rings. The van der Waals surface area contributed by atoms with E-state index in [9.17, 15) is 0 Å². The van der Waals surface area contributed by atoms with Crippen molar-refractivity contribution in [2.75, 3.05) is 9.80 Å². The molecule has 0 bridgehead atoms. The van der Waals surface area contributed by atoms with Gasteiger partial charge in [0.1, 0.15) is 0 Å². The molecule has 0 fully saturated rings. The third kappa shape index (κ3) is 8.02. The van der Waals surface area contributed by atoms with Crippen molar-refractivity contribution in [3.05, 3.63) is 258 Å². The van der Waals surface area contributed by atoms with Gasteiger partial charge in [0.2, 0.25) is 0 Å². The highest BCUT2D eigenvalue weighted by Crippen LogP contribution is 2.64. The normalized spacial score (nSPS) is 13.7. The Labute approximate surface area is 487 Å². The lowest BCUT2D eigenvalue weighted by Gasteiger charge is -2.40. The Bertz CT molecular complexity index is 4320. The van der Waals surface area contributed by atoms with Gasteiger partial charge in [-0.2, -0.15) is 0 Å². The standard InChI is InChI=1S/C77H73N3Si2/c1-75(2,3)52-27-31-54(32-28-52)78(56-35-40-60(41-36-56)81(7,8)9)58-39-46-70-64(47-58)65-48-59(79(55-33-29-53(30-34-55)76(4,5)6)57-37-42-61(43-38-57)82(10,11)12)49-69-74(65)80(70)71-24-18-17-23-66(71)77(69)67-44-25-50-19-13-15-21-62(50)72(67)73-63-22-16-14-20-51(63)26-45-68(73)77/h13-49H,1-12H3.